The first-order valence-electron chi connectivity index (χ1n) is 6.89. The van der Waals surface area contributed by atoms with Crippen LogP contribution in [0.5, 0.6) is 0 Å². The Morgan fingerprint density at radius 3 is 2.76 bits per heavy atom. The van der Waals surface area contributed by atoms with Crippen molar-refractivity contribution in [1.82, 2.24) is 4.90 Å². The Balaban J connectivity index is 2.30. The van der Waals surface area contributed by atoms with Crippen molar-refractivity contribution in [3.05, 3.63) is 34.1 Å². The van der Waals surface area contributed by atoms with Crippen LogP contribution in [0.25, 0.3) is 0 Å². The minimum atomic E-state index is -0.596. The fourth-order valence-corrected chi connectivity index (χ4v) is 2.50. The second-order valence-corrected chi connectivity index (χ2v) is 6.63. The molecule has 0 spiro atoms. The number of carbonyl (C=O) groups is 1. The molecule has 1 atom stereocenters. The van der Waals surface area contributed by atoms with Crippen LogP contribution in [-0.2, 0) is 11.3 Å². The van der Waals surface area contributed by atoms with E-state index in [-0.39, 0.29) is 17.6 Å². The van der Waals surface area contributed by atoms with Crippen molar-refractivity contribution in [2.24, 2.45) is 5.73 Å². The van der Waals surface area contributed by atoms with Gasteiger partial charge in [-0.2, -0.15) is 0 Å². The number of amides is 1. The molecule has 116 valence electrons. The number of carbonyl (C=O) groups excluding carboxylic acids is 1. The summed E-state index contributed by atoms with van der Waals surface area (Å²) in [4.78, 5) is 13.7. The van der Waals surface area contributed by atoms with Gasteiger partial charge in [0.1, 0.15) is 11.4 Å². The zero-order valence-corrected chi connectivity index (χ0v) is 13.2. The molecule has 0 saturated heterocycles. The van der Waals surface area contributed by atoms with E-state index in [1.54, 1.807) is 26.8 Å². The second kappa shape index (κ2) is 5.81. The average molecular weight is 315 g/mol. The van der Waals surface area contributed by atoms with E-state index in [4.69, 9.17) is 22.1 Å². The normalized spacial score (nSPS) is 19.0. The molecular weight excluding hydrogens is 295 g/mol. The SMILES string of the molecule is CC(C)(C)OC(=O)N1CC[C@@H](N)c2ccc(Cl)c(F)c2C1. The number of hydrogen-bond acceptors (Lipinski definition) is 3. The molecule has 2 N–H and O–H groups in total. The van der Waals surface area contributed by atoms with Crippen molar-refractivity contribution < 1.29 is 13.9 Å². The molecule has 1 aliphatic rings. The molecule has 0 bridgehead atoms. The number of nitrogens with zero attached hydrogens (tertiary/aromatic N) is 1. The summed E-state index contributed by atoms with van der Waals surface area (Å²) in [6.07, 6.45) is 0.0785. The van der Waals surface area contributed by atoms with E-state index in [0.29, 0.717) is 24.1 Å². The van der Waals surface area contributed by atoms with E-state index in [1.165, 1.54) is 11.0 Å². The summed E-state index contributed by atoms with van der Waals surface area (Å²) < 4.78 is 19.6. The van der Waals surface area contributed by atoms with Crippen LogP contribution in [0.15, 0.2) is 12.1 Å². The minimum absolute atomic E-state index is 0.0342. The molecule has 0 unspecified atom stereocenters. The second-order valence-electron chi connectivity index (χ2n) is 6.23. The van der Waals surface area contributed by atoms with E-state index in [2.05, 4.69) is 0 Å². The first kappa shape index (κ1) is 16.0. The monoisotopic (exact) mass is 314 g/mol. The third-order valence-corrected chi connectivity index (χ3v) is 3.63. The molecule has 0 radical (unpaired) electrons. The van der Waals surface area contributed by atoms with Gasteiger partial charge in [-0.15, -0.1) is 0 Å². The number of halogens is 2. The first-order chi connectivity index (χ1) is 9.69. The topological polar surface area (TPSA) is 55.6 Å². The van der Waals surface area contributed by atoms with Crippen LogP contribution in [-0.4, -0.2) is 23.1 Å². The summed E-state index contributed by atoms with van der Waals surface area (Å²) in [6, 6.07) is 2.90. The lowest BCUT2D eigenvalue weighted by atomic mass is 10.00. The van der Waals surface area contributed by atoms with Gasteiger partial charge in [0, 0.05) is 18.2 Å². The van der Waals surface area contributed by atoms with E-state index >= 15 is 0 Å². The van der Waals surface area contributed by atoms with Gasteiger partial charge in [-0.05, 0) is 38.8 Å². The van der Waals surface area contributed by atoms with Crippen molar-refractivity contribution in [3.8, 4) is 0 Å². The smallest absolute Gasteiger partial charge is 0.410 e. The summed E-state index contributed by atoms with van der Waals surface area (Å²) in [5, 5.41) is 0.0342. The Morgan fingerprint density at radius 1 is 1.48 bits per heavy atom. The van der Waals surface area contributed by atoms with Crippen LogP contribution < -0.4 is 5.73 Å². The van der Waals surface area contributed by atoms with E-state index in [0.717, 1.165) is 0 Å². The summed E-state index contributed by atoms with van der Waals surface area (Å²) >= 11 is 5.83. The van der Waals surface area contributed by atoms with Crippen molar-refractivity contribution in [1.29, 1.82) is 0 Å². The number of nitrogens with two attached hydrogens (primary N) is 1. The van der Waals surface area contributed by atoms with Crippen LogP contribution in [0.1, 0.15) is 44.4 Å². The summed E-state index contributed by atoms with van der Waals surface area (Å²) in [7, 11) is 0. The zero-order chi connectivity index (χ0) is 15.8. The van der Waals surface area contributed by atoms with E-state index < -0.39 is 17.5 Å². The molecule has 21 heavy (non-hydrogen) atoms. The van der Waals surface area contributed by atoms with E-state index in [9.17, 15) is 9.18 Å². The van der Waals surface area contributed by atoms with Crippen LogP contribution in [0.2, 0.25) is 5.02 Å². The van der Waals surface area contributed by atoms with Gasteiger partial charge in [0.2, 0.25) is 0 Å². The molecule has 6 heteroatoms. The Hall–Kier alpha value is -1.33. The maximum Gasteiger partial charge on any atom is 0.410 e. The van der Waals surface area contributed by atoms with Gasteiger partial charge in [-0.1, -0.05) is 17.7 Å². The third-order valence-electron chi connectivity index (χ3n) is 3.34. The predicted molar refractivity (Wildman–Crippen MR) is 79.6 cm³/mol. The Bertz CT molecular complexity index is 557. The van der Waals surface area contributed by atoms with Crippen LogP contribution in [0.4, 0.5) is 9.18 Å². The number of hydrogen-bond donors (Lipinski definition) is 1. The molecule has 0 fully saturated rings. The lowest BCUT2D eigenvalue weighted by molar-refractivity contribution is 0.0233. The maximum absolute atomic E-state index is 14.2. The summed E-state index contributed by atoms with van der Waals surface area (Å²) in [5.41, 5.74) is 6.54. The van der Waals surface area contributed by atoms with Crippen molar-refractivity contribution in [3.63, 3.8) is 0 Å². The highest BCUT2D eigenvalue weighted by molar-refractivity contribution is 6.30. The third kappa shape index (κ3) is 3.66. The van der Waals surface area contributed by atoms with Crippen LogP contribution in [0.3, 0.4) is 0 Å². The Morgan fingerprint density at radius 2 is 2.14 bits per heavy atom. The molecule has 0 aliphatic carbocycles. The average Bonchev–Trinajstić information content (AvgIpc) is 2.52. The molecule has 0 saturated carbocycles. The fourth-order valence-electron chi connectivity index (χ4n) is 2.32. The van der Waals surface area contributed by atoms with Gasteiger partial charge in [0.05, 0.1) is 11.6 Å². The van der Waals surface area contributed by atoms with Crippen LogP contribution in [0, 0.1) is 5.82 Å². The van der Waals surface area contributed by atoms with Gasteiger partial charge in [0.25, 0.3) is 0 Å². The molecule has 1 amide bonds. The molecular formula is C15H20ClFN2O2. The number of rotatable bonds is 0. The Labute approximate surface area is 129 Å². The standard InChI is InChI=1S/C15H20ClFN2O2/c1-15(2,3)21-14(20)19-7-6-12(18)9-4-5-11(16)13(17)10(9)8-19/h4-5,12H,6-8,18H2,1-3H3/t12-/m1/s1. The highest BCUT2D eigenvalue weighted by Crippen LogP contribution is 2.31. The molecule has 0 aromatic heterocycles. The quantitative estimate of drug-likeness (QED) is 0.795. The van der Waals surface area contributed by atoms with E-state index in [1.807, 2.05) is 0 Å². The van der Waals surface area contributed by atoms with Crippen molar-refractivity contribution in [2.45, 2.75) is 45.4 Å². The zero-order valence-electron chi connectivity index (χ0n) is 12.5. The molecule has 1 aliphatic heterocycles. The molecule has 1 aromatic rings. The maximum atomic E-state index is 14.2. The fraction of sp³-hybridized carbons (Fsp3) is 0.533. The Kier molecular flexibility index (Phi) is 4.44. The van der Waals surface area contributed by atoms with Gasteiger partial charge in [-0.25, -0.2) is 9.18 Å². The van der Waals surface area contributed by atoms with Gasteiger partial charge < -0.3 is 15.4 Å². The van der Waals surface area contributed by atoms with Gasteiger partial charge in [-0.3, -0.25) is 0 Å². The molecule has 2 rings (SSSR count). The lowest BCUT2D eigenvalue weighted by Crippen LogP contribution is -2.36. The minimum Gasteiger partial charge on any atom is -0.444 e. The predicted octanol–water partition coefficient (Wildman–Crippen LogP) is 3.62. The van der Waals surface area contributed by atoms with Crippen molar-refractivity contribution >= 4 is 17.7 Å². The van der Waals surface area contributed by atoms with Crippen molar-refractivity contribution in [2.75, 3.05) is 6.54 Å². The summed E-state index contributed by atoms with van der Waals surface area (Å²) in [5.74, 6) is -0.514. The number of fused-ring (bicyclic) bond motifs is 1. The highest BCUT2D eigenvalue weighted by Gasteiger charge is 2.29. The highest BCUT2D eigenvalue weighted by atomic mass is 35.5. The summed E-state index contributed by atoms with van der Waals surface area (Å²) in [6.45, 7) is 5.91. The molecule has 1 aromatic carbocycles. The largest absolute Gasteiger partial charge is 0.444 e. The number of benzene rings is 1. The molecule has 4 nitrogen and oxygen atoms in total. The number of ether oxygens (including phenoxy) is 1. The van der Waals surface area contributed by atoms with Gasteiger partial charge >= 0.3 is 6.09 Å². The first-order valence-corrected chi connectivity index (χ1v) is 7.27. The van der Waals surface area contributed by atoms with Gasteiger partial charge in [0.15, 0.2) is 0 Å². The van der Waals surface area contributed by atoms with Crippen LogP contribution >= 0.6 is 11.6 Å². The molecule has 1 heterocycles. The lowest BCUT2D eigenvalue weighted by Gasteiger charge is -2.26.